The molecular weight excluding hydrogens is 494 g/mol. The van der Waals surface area contributed by atoms with Gasteiger partial charge < -0.3 is 14.7 Å². The van der Waals surface area contributed by atoms with E-state index in [1.807, 2.05) is 0 Å². The standard InChI is InChI=1S/C24H16Cl2F3NO4/c25-14-8-9-18(19(26)11-14)21-20(23(32)33)16-6-1-2-7-17(16)22(31)30(21)12-13-4-3-5-15(10-13)34-24(27,28)29/h1-11,20-21H,12H2,(H,32,33). The van der Waals surface area contributed by atoms with Crippen molar-refractivity contribution in [2.45, 2.75) is 24.9 Å². The van der Waals surface area contributed by atoms with Gasteiger partial charge in [0.2, 0.25) is 0 Å². The van der Waals surface area contributed by atoms with Gasteiger partial charge in [-0.1, -0.05) is 59.6 Å². The van der Waals surface area contributed by atoms with Crippen LogP contribution in [0.4, 0.5) is 13.2 Å². The molecule has 0 aliphatic carbocycles. The highest BCUT2D eigenvalue weighted by Crippen LogP contribution is 2.46. The molecule has 0 radical (unpaired) electrons. The van der Waals surface area contributed by atoms with Crippen molar-refractivity contribution in [1.82, 2.24) is 4.90 Å². The minimum absolute atomic E-state index is 0.162. The Labute approximate surface area is 202 Å². The van der Waals surface area contributed by atoms with Crippen molar-refractivity contribution in [3.05, 3.63) is 99.0 Å². The van der Waals surface area contributed by atoms with Crippen molar-refractivity contribution in [3.8, 4) is 5.75 Å². The van der Waals surface area contributed by atoms with Crippen molar-refractivity contribution in [2.24, 2.45) is 0 Å². The van der Waals surface area contributed by atoms with E-state index in [0.717, 1.165) is 12.1 Å². The van der Waals surface area contributed by atoms with Crippen molar-refractivity contribution in [3.63, 3.8) is 0 Å². The van der Waals surface area contributed by atoms with E-state index in [4.69, 9.17) is 23.2 Å². The molecule has 2 unspecified atom stereocenters. The van der Waals surface area contributed by atoms with Crippen LogP contribution < -0.4 is 4.74 Å². The molecule has 1 heterocycles. The van der Waals surface area contributed by atoms with Crippen molar-refractivity contribution < 1.29 is 32.6 Å². The lowest BCUT2D eigenvalue weighted by Gasteiger charge is -2.41. The van der Waals surface area contributed by atoms with Crippen LogP contribution in [0.2, 0.25) is 10.0 Å². The van der Waals surface area contributed by atoms with Gasteiger partial charge in [0.05, 0.1) is 6.04 Å². The second-order valence-corrected chi connectivity index (χ2v) is 8.49. The Morgan fingerprint density at radius 3 is 2.41 bits per heavy atom. The Morgan fingerprint density at radius 1 is 1.00 bits per heavy atom. The normalized spacial score (nSPS) is 17.9. The maximum Gasteiger partial charge on any atom is 0.573 e. The zero-order valence-corrected chi connectivity index (χ0v) is 18.7. The van der Waals surface area contributed by atoms with Crippen molar-refractivity contribution >= 4 is 35.1 Å². The number of benzene rings is 3. The van der Waals surface area contributed by atoms with Crippen LogP contribution in [0.5, 0.6) is 5.75 Å². The number of ether oxygens (including phenoxy) is 1. The molecule has 0 fully saturated rings. The lowest BCUT2D eigenvalue weighted by Crippen LogP contribution is -2.44. The molecule has 1 amide bonds. The summed E-state index contributed by atoms with van der Waals surface area (Å²) in [6.07, 6.45) is -4.88. The number of nitrogens with zero attached hydrogens (tertiary/aromatic N) is 1. The second-order valence-electron chi connectivity index (χ2n) is 7.64. The largest absolute Gasteiger partial charge is 0.573 e. The predicted octanol–water partition coefficient (Wildman–Crippen LogP) is 6.46. The van der Waals surface area contributed by atoms with E-state index >= 15 is 0 Å². The number of carbonyl (C=O) groups excluding carboxylic acids is 1. The SMILES string of the molecule is O=C(O)C1c2ccccc2C(=O)N(Cc2cccc(OC(F)(F)F)c2)C1c1ccc(Cl)cc1Cl. The van der Waals surface area contributed by atoms with Gasteiger partial charge in [-0.05, 0) is 47.0 Å². The Hall–Kier alpha value is -3.23. The summed E-state index contributed by atoms with van der Waals surface area (Å²) in [7, 11) is 0. The van der Waals surface area contributed by atoms with E-state index in [9.17, 15) is 27.9 Å². The lowest BCUT2D eigenvalue weighted by molar-refractivity contribution is -0.274. The minimum atomic E-state index is -4.88. The Kier molecular flexibility index (Phi) is 6.47. The number of alkyl halides is 3. The number of hydrogen-bond acceptors (Lipinski definition) is 3. The van der Waals surface area contributed by atoms with Gasteiger partial charge in [0.1, 0.15) is 11.7 Å². The van der Waals surface area contributed by atoms with Crippen LogP contribution in [0.3, 0.4) is 0 Å². The summed E-state index contributed by atoms with van der Waals surface area (Å²) < 4.78 is 42.0. The fourth-order valence-electron chi connectivity index (χ4n) is 4.16. The van der Waals surface area contributed by atoms with Gasteiger partial charge >= 0.3 is 12.3 Å². The minimum Gasteiger partial charge on any atom is -0.481 e. The molecule has 34 heavy (non-hydrogen) atoms. The fraction of sp³-hybridized carbons (Fsp3) is 0.167. The van der Waals surface area contributed by atoms with Crippen LogP contribution in [0.1, 0.15) is 39.0 Å². The third-order valence-electron chi connectivity index (χ3n) is 5.47. The predicted molar refractivity (Wildman–Crippen MR) is 119 cm³/mol. The monoisotopic (exact) mass is 509 g/mol. The van der Waals surface area contributed by atoms with Crippen LogP contribution in [-0.2, 0) is 11.3 Å². The Balaban J connectivity index is 1.84. The quantitative estimate of drug-likeness (QED) is 0.428. The van der Waals surface area contributed by atoms with E-state index in [1.54, 1.807) is 24.3 Å². The van der Waals surface area contributed by atoms with Crippen LogP contribution in [0.25, 0.3) is 0 Å². The summed E-state index contributed by atoms with van der Waals surface area (Å²) in [5.74, 6) is -3.30. The molecule has 1 N–H and O–H groups in total. The highest BCUT2D eigenvalue weighted by molar-refractivity contribution is 6.35. The van der Waals surface area contributed by atoms with Crippen molar-refractivity contribution in [1.29, 1.82) is 0 Å². The van der Waals surface area contributed by atoms with Gasteiger partial charge in [0.25, 0.3) is 5.91 Å². The average molecular weight is 510 g/mol. The number of halogens is 5. The van der Waals surface area contributed by atoms with E-state index in [0.29, 0.717) is 21.7 Å². The molecule has 176 valence electrons. The van der Waals surface area contributed by atoms with Crippen LogP contribution >= 0.6 is 23.2 Å². The first-order valence-corrected chi connectivity index (χ1v) is 10.7. The first-order chi connectivity index (χ1) is 16.0. The van der Waals surface area contributed by atoms with Gasteiger partial charge in [0.15, 0.2) is 0 Å². The van der Waals surface area contributed by atoms with E-state index in [2.05, 4.69) is 4.74 Å². The molecule has 3 aromatic carbocycles. The molecule has 1 aliphatic rings. The lowest BCUT2D eigenvalue weighted by atomic mass is 9.79. The van der Waals surface area contributed by atoms with E-state index in [1.165, 1.54) is 35.2 Å². The smallest absolute Gasteiger partial charge is 0.481 e. The number of amides is 1. The molecule has 10 heteroatoms. The first-order valence-electron chi connectivity index (χ1n) is 9.97. The van der Waals surface area contributed by atoms with Crippen LogP contribution in [0.15, 0.2) is 66.7 Å². The molecule has 1 aliphatic heterocycles. The number of aliphatic carboxylic acids is 1. The molecule has 2 atom stereocenters. The van der Waals surface area contributed by atoms with Gasteiger partial charge in [-0.3, -0.25) is 9.59 Å². The maximum absolute atomic E-state index is 13.5. The topological polar surface area (TPSA) is 66.8 Å². The molecule has 4 rings (SSSR count). The number of carboxylic acid groups (broad SMARTS) is 1. The molecule has 5 nitrogen and oxygen atoms in total. The highest BCUT2D eigenvalue weighted by Gasteiger charge is 2.45. The van der Waals surface area contributed by atoms with Crippen molar-refractivity contribution in [2.75, 3.05) is 0 Å². The molecule has 0 saturated carbocycles. The highest BCUT2D eigenvalue weighted by atomic mass is 35.5. The number of hydrogen-bond donors (Lipinski definition) is 1. The zero-order valence-electron chi connectivity index (χ0n) is 17.2. The number of fused-ring (bicyclic) bond motifs is 1. The van der Waals surface area contributed by atoms with Gasteiger partial charge in [-0.2, -0.15) is 0 Å². The number of rotatable bonds is 5. The van der Waals surface area contributed by atoms with E-state index < -0.39 is 35.9 Å². The molecule has 0 saturated heterocycles. The fourth-order valence-corrected chi connectivity index (χ4v) is 4.68. The number of carboxylic acids is 1. The Bertz CT molecular complexity index is 1260. The third kappa shape index (κ3) is 4.83. The van der Waals surface area contributed by atoms with Gasteiger partial charge in [-0.25, -0.2) is 0 Å². The molecular formula is C24H16Cl2F3NO4. The first kappa shape index (κ1) is 23.9. The second kappa shape index (κ2) is 9.19. The third-order valence-corrected chi connectivity index (χ3v) is 6.03. The summed E-state index contributed by atoms with van der Waals surface area (Å²) in [4.78, 5) is 27.3. The average Bonchev–Trinajstić information content (AvgIpc) is 2.75. The molecule has 3 aromatic rings. The summed E-state index contributed by atoms with van der Waals surface area (Å²) in [6.45, 7) is -0.185. The zero-order chi connectivity index (χ0) is 24.6. The van der Waals surface area contributed by atoms with Gasteiger partial charge in [0, 0.05) is 22.2 Å². The summed E-state index contributed by atoms with van der Waals surface area (Å²) >= 11 is 12.4. The molecule has 0 aromatic heterocycles. The van der Waals surface area contributed by atoms with Crippen LogP contribution in [0, 0.1) is 0 Å². The maximum atomic E-state index is 13.5. The Morgan fingerprint density at radius 2 is 1.74 bits per heavy atom. The summed E-state index contributed by atoms with van der Waals surface area (Å²) in [5.41, 5.74) is 1.18. The van der Waals surface area contributed by atoms with E-state index in [-0.39, 0.29) is 17.1 Å². The van der Waals surface area contributed by atoms with Crippen LogP contribution in [-0.4, -0.2) is 28.2 Å². The summed E-state index contributed by atoms with van der Waals surface area (Å²) in [6, 6.07) is 15.0. The summed E-state index contributed by atoms with van der Waals surface area (Å²) in [5, 5.41) is 10.6. The molecule has 0 bridgehead atoms. The number of carbonyl (C=O) groups is 2. The van der Waals surface area contributed by atoms with Gasteiger partial charge in [-0.15, -0.1) is 13.2 Å². The molecule has 0 spiro atoms.